The molecule has 1 rings (SSSR count). The SMILES string of the molecule is C=C(C(=O)OCC)C1CCCN1C. The van der Waals surface area contributed by atoms with Gasteiger partial charge in [-0.15, -0.1) is 0 Å². The van der Waals surface area contributed by atoms with Crippen molar-refractivity contribution in [1.82, 2.24) is 4.90 Å². The quantitative estimate of drug-likeness (QED) is 0.486. The number of hydrogen-bond donors (Lipinski definition) is 0. The Morgan fingerprint density at radius 1 is 1.69 bits per heavy atom. The summed E-state index contributed by atoms with van der Waals surface area (Å²) in [4.78, 5) is 13.5. The first-order valence-corrected chi connectivity index (χ1v) is 4.73. The van der Waals surface area contributed by atoms with E-state index in [1.807, 2.05) is 14.0 Å². The Hall–Kier alpha value is -0.830. The lowest BCUT2D eigenvalue weighted by atomic mass is 10.1. The van der Waals surface area contributed by atoms with Gasteiger partial charge in [0.2, 0.25) is 0 Å². The summed E-state index contributed by atoms with van der Waals surface area (Å²) < 4.78 is 4.90. The van der Waals surface area contributed by atoms with Crippen molar-refractivity contribution in [1.29, 1.82) is 0 Å². The third-order valence-electron chi connectivity index (χ3n) is 2.46. The summed E-state index contributed by atoms with van der Waals surface area (Å²) in [5.74, 6) is -0.249. The number of likely N-dealkylation sites (N-methyl/N-ethyl adjacent to an activating group) is 1. The fourth-order valence-electron chi connectivity index (χ4n) is 1.71. The lowest BCUT2D eigenvalue weighted by molar-refractivity contribution is -0.139. The second-order valence-electron chi connectivity index (χ2n) is 3.38. The smallest absolute Gasteiger partial charge is 0.335 e. The maximum atomic E-state index is 11.3. The fraction of sp³-hybridized carbons (Fsp3) is 0.700. The normalized spacial score (nSPS) is 23.1. The van der Waals surface area contributed by atoms with Gasteiger partial charge in [0, 0.05) is 11.6 Å². The average Bonchev–Trinajstić information content (AvgIpc) is 2.50. The number of nitrogens with zero attached hydrogens (tertiary/aromatic N) is 1. The van der Waals surface area contributed by atoms with E-state index in [1.54, 1.807) is 0 Å². The third kappa shape index (κ3) is 2.31. The highest BCUT2D eigenvalue weighted by Crippen LogP contribution is 2.21. The molecule has 0 spiro atoms. The number of likely N-dealkylation sites (tertiary alicyclic amines) is 1. The molecule has 0 bridgehead atoms. The van der Waals surface area contributed by atoms with Crippen LogP contribution in [0.1, 0.15) is 19.8 Å². The molecule has 3 heteroatoms. The topological polar surface area (TPSA) is 29.5 Å². The first-order valence-electron chi connectivity index (χ1n) is 4.73. The van der Waals surface area contributed by atoms with Gasteiger partial charge in [0.25, 0.3) is 0 Å². The number of esters is 1. The molecule has 1 saturated heterocycles. The van der Waals surface area contributed by atoms with Crippen LogP contribution in [-0.2, 0) is 9.53 Å². The van der Waals surface area contributed by atoms with Crippen LogP contribution in [0.25, 0.3) is 0 Å². The zero-order valence-corrected chi connectivity index (χ0v) is 8.38. The first kappa shape index (κ1) is 10.3. The molecule has 0 aromatic rings. The Morgan fingerprint density at radius 3 is 2.85 bits per heavy atom. The monoisotopic (exact) mass is 183 g/mol. The van der Waals surface area contributed by atoms with Gasteiger partial charge in [0.15, 0.2) is 0 Å². The largest absolute Gasteiger partial charge is 0.463 e. The van der Waals surface area contributed by atoms with Crippen LogP contribution >= 0.6 is 0 Å². The average molecular weight is 183 g/mol. The van der Waals surface area contributed by atoms with Crippen molar-refractivity contribution in [3.8, 4) is 0 Å². The van der Waals surface area contributed by atoms with Crippen LogP contribution in [0.4, 0.5) is 0 Å². The van der Waals surface area contributed by atoms with E-state index in [-0.39, 0.29) is 12.0 Å². The molecule has 74 valence electrons. The number of carbonyl (C=O) groups excluding carboxylic acids is 1. The van der Waals surface area contributed by atoms with Gasteiger partial charge in [-0.3, -0.25) is 4.90 Å². The molecule has 1 unspecified atom stereocenters. The molecule has 3 nitrogen and oxygen atoms in total. The van der Waals surface area contributed by atoms with E-state index in [2.05, 4.69) is 11.5 Å². The molecular formula is C10H17NO2. The number of hydrogen-bond acceptors (Lipinski definition) is 3. The van der Waals surface area contributed by atoms with Gasteiger partial charge in [-0.1, -0.05) is 6.58 Å². The minimum absolute atomic E-state index is 0.194. The van der Waals surface area contributed by atoms with Gasteiger partial charge in [0.05, 0.1) is 6.61 Å². The molecule has 0 aromatic carbocycles. The Bertz CT molecular complexity index is 213. The second kappa shape index (κ2) is 4.42. The van der Waals surface area contributed by atoms with Crippen molar-refractivity contribution < 1.29 is 9.53 Å². The van der Waals surface area contributed by atoms with Gasteiger partial charge < -0.3 is 4.74 Å². The van der Waals surface area contributed by atoms with Crippen LogP contribution in [0.2, 0.25) is 0 Å². The van der Waals surface area contributed by atoms with Crippen LogP contribution in [-0.4, -0.2) is 37.1 Å². The van der Waals surface area contributed by atoms with Crippen molar-refractivity contribution >= 4 is 5.97 Å². The fourth-order valence-corrected chi connectivity index (χ4v) is 1.71. The predicted molar refractivity (Wildman–Crippen MR) is 51.4 cm³/mol. The summed E-state index contributed by atoms with van der Waals surface area (Å²) in [6, 6.07) is 0.194. The Kier molecular flexibility index (Phi) is 3.48. The third-order valence-corrected chi connectivity index (χ3v) is 2.46. The first-order chi connectivity index (χ1) is 6.16. The lowest BCUT2D eigenvalue weighted by Crippen LogP contribution is -2.30. The summed E-state index contributed by atoms with van der Waals surface area (Å²) in [6.07, 6.45) is 2.16. The van der Waals surface area contributed by atoms with Gasteiger partial charge in [-0.25, -0.2) is 4.79 Å². The molecule has 1 fully saturated rings. The molecule has 0 aromatic heterocycles. The molecule has 1 atom stereocenters. The maximum Gasteiger partial charge on any atom is 0.335 e. The number of ether oxygens (including phenoxy) is 1. The van der Waals surface area contributed by atoms with Gasteiger partial charge >= 0.3 is 5.97 Å². The van der Waals surface area contributed by atoms with E-state index in [1.165, 1.54) is 0 Å². The van der Waals surface area contributed by atoms with E-state index in [0.29, 0.717) is 12.2 Å². The van der Waals surface area contributed by atoms with Crippen LogP contribution < -0.4 is 0 Å². The van der Waals surface area contributed by atoms with Crippen LogP contribution in [0, 0.1) is 0 Å². The van der Waals surface area contributed by atoms with E-state index in [4.69, 9.17) is 4.74 Å². The summed E-state index contributed by atoms with van der Waals surface area (Å²) in [7, 11) is 2.02. The number of rotatable bonds is 3. The van der Waals surface area contributed by atoms with Gasteiger partial charge in [-0.05, 0) is 33.4 Å². The van der Waals surface area contributed by atoms with Crippen molar-refractivity contribution in [3.63, 3.8) is 0 Å². The van der Waals surface area contributed by atoms with Crippen LogP contribution in [0.15, 0.2) is 12.2 Å². The minimum atomic E-state index is -0.249. The molecule has 1 aliphatic heterocycles. The zero-order valence-electron chi connectivity index (χ0n) is 8.38. The van der Waals surface area contributed by atoms with E-state index in [9.17, 15) is 4.79 Å². The van der Waals surface area contributed by atoms with Crippen molar-refractivity contribution in [2.45, 2.75) is 25.8 Å². The summed E-state index contributed by atoms with van der Waals surface area (Å²) in [5, 5.41) is 0. The highest BCUT2D eigenvalue weighted by Gasteiger charge is 2.27. The zero-order chi connectivity index (χ0) is 9.84. The number of carbonyl (C=O) groups is 1. The maximum absolute atomic E-state index is 11.3. The minimum Gasteiger partial charge on any atom is -0.463 e. The molecular weight excluding hydrogens is 166 g/mol. The van der Waals surface area contributed by atoms with Crippen LogP contribution in [0.3, 0.4) is 0 Å². The van der Waals surface area contributed by atoms with Gasteiger partial charge in [0.1, 0.15) is 0 Å². The highest BCUT2D eigenvalue weighted by molar-refractivity contribution is 5.89. The second-order valence-corrected chi connectivity index (χ2v) is 3.38. The summed E-state index contributed by atoms with van der Waals surface area (Å²) in [6.45, 7) is 7.07. The van der Waals surface area contributed by atoms with Crippen molar-refractivity contribution in [2.75, 3.05) is 20.2 Å². The Balaban J connectivity index is 2.51. The summed E-state index contributed by atoms with van der Waals surface area (Å²) in [5.41, 5.74) is 0.599. The molecule has 0 amide bonds. The lowest BCUT2D eigenvalue weighted by Gasteiger charge is -2.20. The molecule has 1 heterocycles. The Morgan fingerprint density at radius 2 is 2.38 bits per heavy atom. The van der Waals surface area contributed by atoms with Gasteiger partial charge in [-0.2, -0.15) is 0 Å². The van der Waals surface area contributed by atoms with E-state index in [0.717, 1.165) is 19.4 Å². The standard InChI is InChI=1S/C10H17NO2/c1-4-13-10(12)8(2)9-6-5-7-11(9)3/h9H,2,4-7H2,1,3H3. The Labute approximate surface area is 79.4 Å². The van der Waals surface area contributed by atoms with Crippen LogP contribution in [0.5, 0.6) is 0 Å². The van der Waals surface area contributed by atoms with Crippen molar-refractivity contribution in [2.24, 2.45) is 0 Å². The van der Waals surface area contributed by atoms with Crippen molar-refractivity contribution in [3.05, 3.63) is 12.2 Å². The van der Waals surface area contributed by atoms with E-state index >= 15 is 0 Å². The molecule has 0 aliphatic carbocycles. The molecule has 13 heavy (non-hydrogen) atoms. The molecule has 0 N–H and O–H groups in total. The summed E-state index contributed by atoms with van der Waals surface area (Å²) >= 11 is 0. The molecule has 0 saturated carbocycles. The highest BCUT2D eigenvalue weighted by atomic mass is 16.5. The predicted octanol–water partition coefficient (Wildman–Crippen LogP) is 1.20. The molecule has 1 aliphatic rings. The van der Waals surface area contributed by atoms with E-state index < -0.39 is 0 Å². The molecule has 0 radical (unpaired) electrons.